The highest BCUT2D eigenvalue weighted by molar-refractivity contribution is 5.99. The van der Waals surface area contributed by atoms with Crippen molar-refractivity contribution >= 4 is 28.4 Å². The molecule has 1 saturated carbocycles. The van der Waals surface area contributed by atoms with Crippen molar-refractivity contribution in [3.8, 4) is 5.88 Å². The first-order valence-electron chi connectivity index (χ1n) is 11.8. The van der Waals surface area contributed by atoms with Gasteiger partial charge in [-0.2, -0.15) is 0 Å². The normalized spacial score (nSPS) is 21.9. The predicted molar refractivity (Wildman–Crippen MR) is 132 cm³/mol. The molecule has 2 aromatic heterocycles. The molecule has 3 heterocycles. The third kappa shape index (κ3) is 4.92. The molecule has 0 spiro atoms. The van der Waals surface area contributed by atoms with Gasteiger partial charge in [-0.15, -0.1) is 0 Å². The SMILES string of the molecule is COC(=O)Nc1nccc2cc(NCc3ccnc(OCC4C5CCC4CN(C)C5)c3)ccc12. The molecule has 3 aromatic rings. The summed E-state index contributed by atoms with van der Waals surface area (Å²) in [6.45, 7) is 3.78. The standard InChI is InChI=1S/C26H31N5O3/c1-31-14-19-3-4-20(15-31)23(19)16-34-24-11-17(7-9-27-24)13-29-21-5-6-22-18(12-21)8-10-28-25(22)30-26(32)33-2/h5-12,19-20,23,29H,3-4,13-16H2,1-2H3,(H,28,30,32). The molecule has 1 aliphatic heterocycles. The van der Waals surface area contributed by atoms with Gasteiger partial charge in [0.05, 0.1) is 13.7 Å². The smallest absolute Gasteiger partial charge is 0.412 e. The van der Waals surface area contributed by atoms with Crippen LogP contribution >= 0.6 is 0 Å². The van der Waals surface area contributed by atoms with Crippen LogP contribution in [0.1, 0.15) is 18.4 Å². The van der Waals surface area contributed by atoms with Crippen molar-refractivity contribution in [1.29, 1.82) is 0 Å². The Bertz CT molecular complexity index is 1160. The van der Waals surface area contributed by atoms with Gasteiger partial charge in [-0.05, 0) is 73.0 Å². The molecule has 5 rings (SSSR count). The monoisotopic (exact) mass is 461 g/mol. The van der Waals surface area contributed by atoms with Crippen molar-refractivity contribution in [2.45, 2.75) is 19.4 Å². The second kappa shape index (κ2) is 9.85. The number of likely N-dealkylation sites (tertiary alicyclic amines) is 1. The van der Waals surface area contributed by atoms with Gasteiger partial charge in [-0.3, -0.25) is 5.32 Å². The lowest BCUT2D eigenvalue weighted by Gasteiger charge is -2.35. The Hall–Kier alpha value is -3.39. The van der Waals surface area contributed by atoms with E-state index in [1.54, 1.807) is 6.20 Å². The van der Waals surface area contributed by atoms with Crippen LogP contribution < -0.4 is 15.4 Å². The highest BCUT2D eigenvalue weighted by atomic mass is 16.5. The van der Waals surface area contributed by atoms with Crippen LogP contribution in [-0.2, 0) is 11.3 Å². The van der Waals surface area contributed by atoms with Gasteiger partial charge in [0, 0.05) is 55.1 Å². The van der Waals surface area contributed by atoms with E-state index in [1.165, 1.54) is 33.0 Å². The Labute approximate surface area is 199 Å². The molecule has 34 heavy (non-hydrogen) atoms. The maximum Gasteiger partial charge on any atom is 0.412 e. The van der Waals surface area contributed by atoms with Crippen LogP contribution in [0.25, 0.3) is 10.8 Å². The molecule has 8 heteroatoms. The molecule has 1 amide bonds. The second-order valence-electron chi connectivity index (χ2n) is 9.36. The Morgan fingerprint density at radius 2 is 1.88 bits per heavy atom. The maximum atomic E-state index is 11.6. The van der Waals surface area contributed by atoms with Gasteiger partial charge >= 0.3 is 6.09 Å². The van der Waals surface area contributed by atoms with E-state index >= 15 is 0 Å². The number of ether oxygens (including phenoxy) is 2. The van der Waals surface area contributed by atoms with Crippen molar-refractivity contribution in [1.82, 2.24) is 14.9 Å². The van der Waals surface area contributed by atoms with Gasteiger partial charge in [0.15, 0.2) is 0 Å². The third-order valence-corrected chi connectivity index (χ3v) is 7.10. The Balaban J connectivity index is 1.20. The van der Waals surface area contributed by atoms with Crippen LogP contribution in [-0.4, -0.2) is 54.8 Å². The Morgan fingerprint density at radius 3 is 2.68 bits per heavy atom. The number of aromatic nitrogens is 2. The van der Waals surface area contributed by atoms with Crippen molar-refractivity contribution in [3.05, 3.63) is 54.4 Å². The van der Waals surface area contributed by atoms with Crippen LogP contribution in [0.5, 0.6) is 5.88 Å². The second-order valence-corrected chi connectivity index (χ2v) is 9.36. The lowest BCUT2D eigenvalue weighted by atomic mass is 9.86. The average Bonchev–Trinajstić information content (AvgIpc) is 3.10. The fourth-order valence-corrected chi connectivity index (χ4v) is 5.40. The zero-order chi connectivity index (χ0) is 23.5. The van der Waals surface area contributed by atoms with E-state index in [2.05, 4.69) is 37.3 Å². The first-order chi connectivity index (χ1) is 16.6. The molecule has 1 aromatic carbocycles. The average molecular weight is 462 g/mol. The van der Waals surface area contributed by atoms with Crippen molar-refractivity contribution in [2.24, 2.45) is 17.8 Å². The van der Waals surface area contributed by atoms with Crippen LogP contribution in [0.3, 0.4) is 0 Å². The highest BCUT2D eigenvalue weighted by Crippen LogP contribution is 2.41. The third-order valence-electron chi connectivity index (χ3n) is 7.10. The van der Waals surface area contributed by atoms with E-state index in [0.29, 0.717) is 24.2 Å². The number of fused-ring (bicyclic) bond motifs is 3. The summed E-state index contributed by atoms with van der Waals surface area (Å²) in [7, 11) is 3.56. The van der Waals surface area contributed by atoms with E-state index in [9.17, 15) is 4.79 Å². The minimum Gasteiger partial charge on any atom is -0.477 e. The van der Waals surface area contributed by atoms with Gasteiger partial charge in [0.25, 0.3) is 0 Å². The van der Waals surface area contributed by atoms with Gasteiger partial charge in [0.1, 0.15) is 5.82 Å². The minimum absolute atomic E-state index is 0.477. The summed E-state index contributed by atoms with van der Waals surface area (Å²) < 4.78 is 10.8. The number of hydrogen-bond donors (Lipinski definition) is 2. The first kappa shape index (κ1) is 22.4. The Morgan fingerprint density at radius 1 is 1.09 bits per heavy atom. The minimum atomic E-state index is -0.540. The molecule has 1 aliphatic carbocycles. The number of nitrogens with one attached hydrogen (secondary N) is 2. The number of benzene rings is 1. The number of hydrogen-bond acceptors (Lipinski definition) is 7. The number of carbonyl (C=O) groups is 1. The van der Waals surface area contributed by atoms with Crippen LogP contribution in [0.2, 0.25) is 0 Å². The number of methoxy groups -OCH3 is 1. The number of carbonyl (C=O) groups excluding carboxylic acids is 1. The van der Waals surface area contributed by atoms with Crippen molar-refractivity contribution in [2.75, 3.05) is 44.5 Å². The molecular weight excluding hydrogens is 430 g/mol. The van der Waals surface area contributed by atoms with Crippen molar-refractivity contribution < 1.29 is 14.3 Å². The molecular formula is C26H31N5O3. The van der Waals surface area contributed by atoms with Crippen LogP contribution in [0.4, 0.5) is 16.3 Å². The van der Waals surface area contributed by atoms with Crippen molar-refractivity contribution in [3.63, 3.8) is 0 Å². The number of pyridine rings is 2. The fourth-order valence-electron chi connectivity index (χ4n) is 5.40. The molecule has 2 unspecified atom stereocenters. The van der Waals surface area contributed by atoms with Gasteiger partial charge < -0.3 is 19.7 Å². The largest absolute Gasteiger partial charge is 0.477 e. The lowest BCUT2D eigenvalue weighted by molar-refractivity contribution is 0.0878. The number of anilines is 2. The van der Waals surface area contributed by atoms with Gasteiger partial charge in [0.2, 0.25) is 5.88 Å². The molecule has 178 valence electrons. The van der Waals surface area contributed by atoms with E-state index in [0.717, 1.165) is 40.5 Å². The predicted octanol–water partition coefficient (Wildman–Crippen LogP) is 4.39. The molecule has 8 nitrogen and oxygen atoms in total. The summed E-state index contributed by atoms with van der Waals surface area (Å²) in [6.07, 6.45) is 5.58. The topological polar surface area (TPSA) is 88.6 Å². The molecule has 2 bridgehead atoms. The molecule has 2 atom stereocenters. The summed E-state index contributed by atoms with van der Waals surface area (Å²) in [5.74, 6) is 3.32. The summed E-state index contributed by atoms with van der Waals surface area (Å²) in [5.41, 5.74) is 2.09. The molecule has 2 aliphatic rings. The summed E-state index contributed by atoms with van der Waals surface area (Å²) in [4.78, 5) is 22.7. The van der Waals surface area contributed by atoms with E-state index in [4.69, 9.17) is 4.74 Å². The summed E-state index contributed by atoms with van der Waals surface area (Å²) in [6, 6.07) is 11.9. The van der Waals surface area contributed by atoms with Gasteiger partial charge in [-0.1, -0.05) is 0 Å². The molecule has 1 saturated heterocycles. The number of rotatable bonds is 7. The molecule has 2 N–H and O–H groups in total. The zero-order valence-electron chi connectivity index (χ0n) is 19.7. The highest BCUT2D eigenvalue weighted by Gasteiger charge is 2.41. The zero-order valence-corrected chi connectivity index (χ0v) is 19.7. The summed E-state index contributed by atoms with van der Waals surface area (Å²) >= 11 is 0. The maximum absolute atomic E-state index is 11.6. The van der Waals surface area contributed by atoms with E-state index in [1.807, 2.05) is 42.6 Å². The van der Waals surface area contributed by atoms with Gasteiger partial charge in [-0.25, -0.2) is 14.8 Å². The van der Waals surface area contributed by atoms with E-state index < -0.39 is 6.09 Å². The Kier molecular flexibility index (Phi) is 6.49. The fraction of sp³-hybridized carbons (Fsp3) is 0.423. The van der Waals surface area contributed by atoms with Crippen LogP contribution in [0.15, 0.2) is 48.8 Å². The van der Waals surface area contributed by atoms with Crippen LogP contribution in [0, 0.1) is 17.8 Å². The quantitative estimate of drug-likeness (QED) is 0.540. The molecule has 0 radical (unpaired) electrons. The number of nitrogens with zero attached hydrogens (tertiary/aromatic N) is 3. The number of piperidine rings is 1. The lowest BCUT2D eigenvalue weighted by Crippen LogP contribution is -2.41. The number of amides is 1. The van der Waals surface area contributed by atoms with E-state index in [-0.39, 0.29) is 0 Å². The first-order valence-corrected chi connectivity index (χ1v) is 11.8. The summed E-state index contributed by atoms with van der Waals surface area (Å²) in [5, 5.41) is 7.93. The molecule has 2 fully saturated rings.